The van der Waals surface area contributed by atoms with Gasteiger partial charge in [-0.1, -0.05) is 75.0 Å². The number of thiophene rings is 1. The van der Waals surface area contributed by atoms with Crippen molar-refractivity contribution >= 4 is 43.4 Å². The van der Waals surface area contributed by atoms with Crippen molar-refractivity contribution in [2.24, 2.45) is 7.05 Å². The van der Waals surface area contributed by atoms with Crippen LogP contribution in [-0.4, -0.2) is 16.3 Å². The van der Waals surface area contributed by atoms with E-state index in [1.807, 2.05) is 17.4 Å². The number of benzene rings is 3. The molecular formula is C38H40N2S+2. The fourth-order valence-electron chi connectivity index (χ4n) is 7.58. The van der Waals surface area contributed by atoms with Crippen LogP contribution in [0.1, 0.15) is 56.7 Å². The molecule has 6 rings (SSSR count). The molecule has 0 radical (unpaired) electrons. The van der Waals surface area contributed by atoms with E-state index in [1.54, 1.807) is 0 Å². The Balaban J connectivity index is 1.51. The van der Waals surface area contributed by atoms with Crippen molar-refractivity contribution < 1.29 is 9.14 Å². The highest BCUT2D eigenvalue weighted by Gasteiger charge is 2.59. The Hall–Kier alpha value is -3.82. The molecule has 206 valence electrons. The van der Waals surface area contributed by atoms with Gasteiger partial charge in [0.05, 0.1) is 11.0 Å². The molecule has 0 saturated heterocycles. The number of allylic oxidation sites excluding steroid dienone is 1. The van der Waals surface area contributed by atoms with Crippen molar-refractivity contribution in [3.63, 3.8) is 0 Å². The third-order valence-corrected chi connectivity index (χ3v) is 11.1. The average molecular weight is 557 g/mol. The smallest absolute Gasteiger partial charge is 0.200 e. The number of fused-ring (bicyclic) bond motifs is 4. The number of aromatic nitrogens is 1. The van der Waals surface area contributed by atoms with Crippen LogP contribution in [0, 0.1) is 0 Å². The number of rotatable bonds is 7. The standard InChI is InChI=1S/C38H40N2S/c1-7-25-40-27(4)29-17-12-14-20-33(29)38(9-3,37(40,5)8-2)24-22-28-16-10-11-18-30(28)35-36-32(23-26-39(35)6)31-19-13-15-21-34(31)41-36/h7,10-21,23,25-26H,1,4,8-9,22,24H2,2-3,5-6H3/q+2. The van der Waals surface area contributed by atoms with Gasteiger partial charge in [-0.15, -0.1) is 11.3 Å². The fraction of sp³-hybridized carbons (Fsp3) is 0.263. The zero-order chi connectivity index (χ0) is 28.8. The van der Waals surface area contributed by atoms with Gasteiger partial charge in [-0.2, -0.15) is 9.14 Å². The summed E-state index contributed by atoms with van der Waals surface area (Å²) in [6.45, 7) is 15.8. The van der Waals surface area contributed by atoms with Crippen molar-refractivity contribution in [1.29, 1.82) is 0 Å². The summed E-state index contributed by atoms with van der Waals surface area (Å²) in [5, 5.41) is 2.68. The van der Waals surface area contributed by atoms with Gasteiger partial charge in [0.2, 0.25) is 11.4 Å². The molecule has 0 aliphatic carbocycles. The average Bonchev–Trinajstić information content (AvgIpc) is 3.38. The molecule has 3 heterocycles. The molecule has 0 amide bonds. The minimum Gasteiger partial charge on any atom is -0.200 e. The molecule has 0 N–H and O–H groups in total. The van der Waals surface area contributed by atoms with E-state index in [-0.39, 0.29) is 11.0 Å². The molecule has 0 saturated carbocycles. The number of hydrogen-bond donors (Lipinski definition) is 0. The lowest BCUT2D eigenvalue weighted by atomic mass is 9.57. The summed E-state index contributed by atoms with van der Waals surface area (Å²) in [5.74, 6) is 0. The molecular weight excluding hydrogens is 516 g/mol. The van der Waals surface area contributed by atoms with Gasteiger partial charge in [0.1, 0.15) is 11.7 Å². The van der Waals surface area contributed by atoms with Crippen LogP contribution < -0.4 is 4.57 Å². The number of hydrogen-bond acceptors (Lipinski definition) is 1. The predicted molar refractivity (Wildman–Crippen MR) is 177 cm³/mol. The van der Waals surface area contributed by atoms with Crippen LogP contribution in [0.3, 0.4) is 0 Å². The van der Waals surface area contributed by atoms with E-state index < -0.39 is 0 Å². The van der Waals surface area contributed by atoms with Crippen LogP contribution in [0.4, 0.5) is 0 Å². The lowest BCUT2D eigenvalue weighted by Crippen LogP contribution is -2.59. The lowest BCUT2D eigenvalue weighted by Gasteiger charge is -2.49. The van der Waals surface area contributed by atoms with Gasteiger partial charge in [0.15, 0.2) is 18.0 Å². The molecule has 1 aliphatic rings. The highest BCUT2D eigenvalue weighted by atomic mass is 32.1. The lowest BCUT2D eigenvalue weighted by molar-refractivity contribution is -0.659. The second-order valence-electron chi connectivity index (χ2n) is 11.6. The van der Waals surface area contributed by atoms with Crippen LogP contribution in [-0.2, 0) is 18.9 Å². The first-order valence-electron chi connectivity index (χ1n) is 14.8. The van der Waals surface area contributed by atoms with Crippen molar-refractivity contribution in [2.45, 2.75) is 57.4 Å². The zero-order valence-electron chi connectivity index (χ0n) is 24.8. The second kappa shape index (κ2) is 10.5. The summed E-state index contributed by atoms with van der Waals surface area (Å²) in [7, 11) is 2.18. The maximum Gasteiger partial charge on any atom is 0.230 e. The van der Waals surface area contributed by atoms with Gasteiger partial charge in [-0.05, 0) is 61.2 Å². The Morgan fingerprint density at radius 3 is 2.32 bits per heavy atom. The van der Waals surface area contributed by atoms with E-state index in [0.717, 1.165) is 31.4 Å². The van der Waals surface area contributed by atoms with E-state index >= 15 is 0 Å². The molecule has 3 aromatic carbocycles. The van der Waals surface area contributed by atoms with Crippen LogP contribution in [0.2, 0.25) is 0 Å². The quantitative estimate of drug-likeness (QED) is 0.176. The largest absolute Gasteiger partial charge is 0.230 e. The Labute approximate surface area is 248 Å². The van der Waals surface area contributed by atoms with Crippen LogP contribution in [0.15, 0.2) is 104 Å². The molecule has 3 heteroatoms. The summed E-state index contributed by atoms with van der Waals surface area (Å²) in [6.07, 6.45) is 10.4. The summed E-state index contributed by atoms with van der Waals surface area (Å²) in [5.41, 5.74) is 7.61. The second-order valence-corrected chi connectivity index (χ2v) is 12.6. The topological polar surface area (TPSA) is 6.89 Å². The third kappa shape index (κ3) is 4.05. The van der Waals surface area contributed by atoms with E-state index in [2.05, 4.69) is 141 Å². The molecule has 41 heavy (non-hydrogen) atoms. The van der Waals surface area contributed by atoms with Gasteiger partial charge in [0.25, 0.3) is 0 Å². The fourth-order valence-corrected chi connectivity index (χ4v) is 8.87. The van der Waals surface area contributed by atoms with Crippen molar-refractivity contribution in [2.75, 3.05) is 0 Å². The molecule has 1 aliphatic heterocycles. The van der Waals surface area contributed by atoms with Crippen LogP contribution >= 0.6 is 11.3 Å². The Morgan fingerprint density at radius 2 is 1.56 bits per heavy atom. The van der Waals surface area contributed by atoms with Crippen molar-refractivity contribution in [1.82, 2.24) is 0 Å². The molecule has 0 bridgehead atoms. The molecule has 2 unspecified atom stereocenters. The van der Waals surface area contributed by atoms with E-state index in [1.165, 1.54) is 48.1 Å². The summed E-state index contributed by atoms with van der Waals surface area (Å²) in [6, 6.07) is 29.1. The third-order valence-electron chi connectivity index (χ3n) is 9.91. The van der Waals surface area contributed by atoms with Crippen LogP contribution in [0.25, 0.3) is 37.1 Å². The van der Waals surface area contributed by atoms with Gasteiger partial charge in [0, 0.05) is 40.4 Å². The predicted octanol–water partition coefficient (Wildman–Crippen LogP) is 9.25. The van der Waals surface area contributed by atoms with Gasteiger partial charge in [-0.25, -0.2) is 0 Å². The minimum absolute atomic E-state index is 0.0576. The number of nitrogens with zero attached hydrogens (tertiary/aromatic N) is 2. The van der Waals surface area contributed by atoms with E-state index in [0.29, 0.717) is 0 Å². The normalized spacial score (nSPS) is 21.5. The first-order valence-corrected chi connectivity index (χ1v) is 15.6. The summed E-state index contributed by atoms with van der Waals surface area (Å²) >= 11 is 1.91. The van der Waals surface area contributed by atoms with Gasteiger partial charge in [-0.3, -0.25) is 0 Å². The van der Waals surface area contributed by atoms with Gasteiger partial charge >= 0.3 is 0 Å². The molecule has 0 spiro atoms. The Bertz CT molecular complexity index is 1840. The van der Waals surface area contributed by atoms with E-state index in [9.17, 15) is 0 Å². The maximum absolute atomic E-state index is 4.57. The molecule has 2 atom stereocenters. The molecule has 5 aromatic rings. The molecule has 2 nitrogen and oxygen atoms in total. The minimum atomic E-state index is -0.132. The summed E-state index contributed by atoms with van der Waals surface area (Å²) in [4.78, 5) is 0. The number of aryl methyl sites for hydroxylation is 2. The first-order chi connectivity index (χ1) is 19.9. The molecule has 0 fully saturated rings. The highest BCUT2D eigenvalue weighted by molar-refractivity contribution is 7.26. The summed E-state index contributed by atoms with van der Waals surface area (Å²) < 4.78 is 7.42. The molecule has 2 aromatic heterocycles. The highest BCUT2D eigenvalue weighted by Crippen LogP contribution is 2.53. The van der Waals surface area contributed by atoms with Crippen LogP contribution in [0.5, 0.6) is 0 Å². The Morgan fingerprint density at radius 1 is 0.854 bits per heavy atom. The van der Waals surface area contributed by atoms with Crippen molar-refractivity contribution in [3.05, 3.63) is 121 Å². The maximum atomic E-state index is 4.57. The SMILES string of the molecule is C=CC=[N+]1C(=C)c2ccccc2C(CC)(CCc2ccccc2-c2c3sc4ccccc4c3cc[n+]2C)C1(C)CC. The first kappa shape index (κ1) is 27.4. The zero-order valence-corrected chi connectivity index (χ0v) is 25.6. The monoisotopic (exact) mass is 556 g/mol. The van der Waals surface area contributed by atoms with Crippen molar-refractivity contribution in [3.8, 4) is 11.3 Å². The van der Waals surface area contributed by atoms with Gasteiger partial charge < -0.3 is 0 Å². The Kier molecular flexibility index (Phi) is 7.03. The van der Waals surface area contributed by atoms with E-state index in [4.69, 9.17) is 0 Å². The number of pyridine rings is 1.